The molecular formula is C25H35N3O3S. The molecule has 3 rings (SSSR count). The molecule has 1 N–H and O–H groups in total. The molecule has 0 bridgehead atoms. The molecule has 0 saturated carbocycles. The van der Waals surface area contributed by atoms with E-state index in [2.05, 4.69) is 43.1 Å². The predicted molar refractivity (Wildman–Crippen MR) is 132 cm³/mol. The monoisotopic (exact) mass is 457 g/mol. The molecule has 0 radical (unpaired) electrons. The topological polar surface area (TPSA) is 69.7 Å². The lowest BCUT2D eigenvalue weighted by molar-refractivity contribution is -0.119. The number of carbonyl (C=O) groups is 1. The Bertz CT molecular complexity index is 1000. The van der Waals surface area contributed by atoms with Gasteiger partial charge in [0.2, 0.25) is 15.9 Å². The maximum absolute atomic E-state index is 12.5. The van der Waals surface area contributed by atoms with Gasteiger partial charge in [-0.2, -0.15) is 0 Å². The van der Waals surface area contributed by atoms with Crippen molar-refractivity contribution >= 4 is 27.3 Å². The average Bonchev–Trinajstić information content (AvgIpc) is 2.76. The lowest BCUT2D eigenvalue weighted by atomic mass is 9.99. The summed E-state index contributed by atoms with van der Waals surface area (Å²) in [5.74, 6) is 0.725. The largest absolute Gasteiger partial charge is 0.371 e. The van der Waals surface area contributed by atoms with Crippen LogP contribution in [-0.2, 0) is 21.4 Å². The maximum Gasteiger partial charge on any atom is 0.241 e. The van der Waals surface area contributed by atoms with E-state index < -0.39 is 10.0 Å². The summed E-state index contributed by atoms with van der Waals surface area (Å²) in [5.41, 5.74) is 3.81. The van der Waals surface area contributed by atoms with Gasteiger partial charge < -0.3 is 10.2 Å². The first-order valence-corrected chi connectivity index (χ1v) is 13.2. The van der Waals surface area contributed by atoms with Crippen molar-refractivity contribution in [2.75, 3.05) is 35.1 Å². The molecule has 32 heavy (non-hydrogen) atoms. The van der Waals surface area contributed by atoms with Crippen LogP contribution in [-0.4, -0.2) is 40.2 Å². The van der Waals surface area contributed by atoms with Crippen LogP contribution >= 0.6 is 0 Å². The van der Waals surface area contributed by atoms with Gasteiger partial charge in [0.1, 0.15) is 6.54 Å². The molecule has 2 aromatic carbocycles. The fraction of sp³-hybridized carbons (Fsp3) is 0.480. The highest BCUT2D eigenvalue weighted by Gasteiger charge is 2.21. The van der Waals surface area contributed by atoms with Gasteiger partial charge in [-0.05, 0) is 60.1 Å². The first-order valence-electron chi connectivity index (χ1n) is 11.3. The van der Waals surface area contributed by atoms with E-state index in [0.29, 0.717) is 24.1 Å². The molecule has 0 aliphatic carbocycles. The summed E-state index contributed by atoms with van der Waals surface area (Å²) in [4.78, 5) is 15.0. The third kappa shape index (κ3) is 6.48. The number of carbonyl (C=O) groups excluding carboxylic acids is 1. The van der Waals surface area contributed by atoms with Crippen LogP contribution in [0.15, 0.2) is 48.5 Å². The van der Waals surface area contributed by atoms with Crippen LogP contribution in [0.2, 0.25) is 0 Å². The van der Waals surface area contributed by atoms with Crippen LogP contribution in [0, 0.1) is 5.92 Å². The SMILES string of the molecule is CC1CCCN(c2ccc(CNC(=O)CN(c3ccc(C(C)C)cc3)S(C)(=O)=O)cc2)C1. The molecule has 6 nitrogen and oxygen atoms in total. The Kier molecular flexibility index (Phi) is 7.82. The normalized spacial score (nSPS) is 16.8. The van der Waals surface area contributed by atoms with Crippen molar-refractivity contribution in [1.29, 1.82) is 0 Å². The highest BCUT2D eigenvalue weighted by Crippen LogP contribution is 2.24. The van der Waals surface area contributed by atoms with Crippen molar-refractivity contribution in [3.63, 3.8) is 0 Å². The maximum atomic E-state index is 12.5. The lowest BCUT2D eigenvalue weighted by Crippen LogP contribution is -2.40. The second-order valence-electron chi connectivity index (χ2n) is 9.15. The molecule has 1 unspecified atom stereocenters. The van der Waals surface area contributed by atoms with Crippen molar-refractivity contribution in [2.45, 2.75) is 46.1 Å². The molecular weight excluding hydrogens is 422 g/mol. The van der Waals surface area contributed by atoms with E-state index in [4.69, 9.17) is 0 Å². The number of anilines is 2. The molecule has 1 atom stereocenters. The van der Waals surface area contributed by atoms with Crippen LogP contribution in [0.3, 0.4) is 0 Å². The van der Waals surface area contributed by atoms with Gasteiger partial charge in [0.15, 0.2) is 0 Å². The van der Waals surface area contributed by atoms with E-state index in [0.717, 1.165) is 34.8 Å². The zero-order chi connectivity index (χ0) is 23.3. The van der Waals surface area contributed by atoms with Crippen molar-refractivity contribution in [1.82, 2.24) is 5.32 Å². The third-order valence-corrected chi connectivity index (χ3v) is 7.12. The lowest BCUT2D eigenvalue weighted by Gasteiger charge is -2.32. The Labute approximate surface area is 192 Å². The van der Waals surface area contributed by atoms with Gasteiger partial charge in [-0.15, -0.1) is 0 Å². The summed E-state index contributed by atoms with van der Waals surface area (Å²) in [5, 5.41) is 2.85. The summed E-state index contributed by atoms with van der Waals surface area (Å²) in [7, 11) is -3.58. The minimum Gasteiger partial charge on any atom is -0.371 e. The molecule has 1 aliphatic rings. The summed E-state index contributed by atoms with van der Waals surface area (Å²) >= 11 is 0. The third-order valence-electron chi connectivity index (χ3n) is 5.98. The van der Waals surface area contributed by atoms with E-state index in [1.54, 1.807) is 12.1 Å². The number of amides is 1. The van der Waals surface area contributed by atoms with Crippen LogP contribution in [0.1, 0.15) is 50.7 Å². The van der Waals surface area contributed by atoms with Gasteiger partial charge in [0, 0.05) is 25.3 Å². The summed E-state index contributed by atoms with van der Waals surface area (Å²) in [6.45, 7) is 8.72. The minimum absolute atomic E-state index is 0.246. The quantitative estimate of drug-likeness (QED) is 0.647. The van der Waals surface area contributed by atoms with Gasteiger partial charge in [0.05, 0.1) is 11.9 Å². The molecule has 2 aromatic rings. The molecule has 0 aromatic heterocycles. The van der Waals surface area contributed by atoms with Crippen LogP contribution in [0.5, 0.6) is 0 Å². The van der Waals surface area contributed by atoms with E-state index in [1.165, 1.54) is 18.5 Å². The average molecular weight is 458 g/mol. The molecule has 1 amide bonds. The van der Waals surface area contributed by atoms with Gasteiger partial charge in [-0.25, -0.2) is 8.42 Å². The number of benzene rings is 2. The van der Waals surface area contributed by atoms with E-state index in [-0.39, 0.29) is 12.5 Å². The van der Waals surface area contributed by atoms with Crippen molar-refractivity contribution in [3.05, 3.63) is 59.7 Å². The second kappa shape index (κ2) is 10.4. The smallest absolute Gasteiger partial charge is 0.241 e. The number of rotatable bonds is 8. The number of nitrogens with one attached hydrogen (secondary N) is 1. The van der Waals surface area contributed by atoms with Crippen molar-refractivity contribution in [2.24, 2.45) is 5.92 Å². The van der Waals surface area contributed by atoms with Crippen molar-refractivity contribution in [3.8, 4) is 0 Å². The Morgan fingerprint density at radius 3 is 2.34 bits per heavy atom. The molecule has 1 saturated heterocycles. The van der Waals surface area contributed by atoms with Gasteiger partial charge in [0.25, 0.3) is 0 Å². The van der Waals surface area contributed by atoms with E-state index >= 15 is 0 Å². The van der Waals surface area contributed by atoms with Crippen LogP contribution in [0.25, 0.3) is 0 Å². The Hall–Kier alpha value is -2.54. The Morgan fingerprint density at radius 1 is 1.12 bits per heavy atom. The van der Waals surface area contributed by atoms with Crippen LogP contribution < -0.4 is 14.5 Å². The van der Waals surface area contributed by atoms with Gasteiger partial charge in [-0.1, -0.05) is 45.0 Å². The summed E-state index contributed by atoms with van der Waals surface area (Å²) < 4.78 is 25.8. The molecule has 7 heteroatoms. The number of piperidine rings is 1. The number of sulfonamides is 1. The molecule has 1 aliphatic heterocycles. The fourth-order valence-electron chi connectivity index (χ4n) is 4.06. The van der Waals surface area contributed by atoms with E-state index in [1.807, 2.05) is 24.3 Å². The van der Waals surface area contributed by atoms with Gasteiger partial charge >= 0.3 is 0 Å². The van der Waals surface area contributed by atoms with Crippen LogP contribution in [0.4, 0.5) is 11.4 Å². The van der Waals surface area contributed by atoms with E-state index in [9.17, 15) is 13.2 Å². The summed E-state index contributed by atoms with van der Waals surface area (Å²) in [6, 6.07) is 15.5. The van der Waals surface area contributed by atoms with Crippen molar-refractivity contribution < 1.29 is 13.2 Å². The summed E-state index contributed by atoms with van der Waals surface area (Å²) in [6.07, 6.45) is 3.62. The van der Waals surface area contributed by atoms with Gasteiger partial charge in [-0.3, -0.25) is 9.10 Å². The highest BCUT2D eigenvalue weighted by molar-refractivity contribution is 7.92. The minimum atomic E-state index is -3.58. The first kappa shape index (κ1) is 24.1. The zero-order valence-electron chi connectivity index (χ0n) is 19.5. The highest BCUT2D eigenvalue weighted by atomic mass is 32.2. The number of hydrogen-bond donors (Lipinski definition) is 1. The molecule has 1 heterocycles. The number of hydrogen-bond acceptors (Lipinski definition) is 4. The molecule has 174 valence electrons. The predicted octanol–water partition coefficient (Wildman–Crippen LogP) is 4.13. The standard InChI is InChI=1S/C25H35N3O3S/c1-19(2)22-9-13-24(14-10-22)28(32(4,30)31)18-25(29)26-16-21-7-11-23(12-8-21)27-15-5-6-20(3)17-27/h7-14,19-20H,5-6,15-18H2,1-4H3,(H,26,29). The zero-order valence-corrected chi connectivity index (χ0v) is 20.4. The number of nitrogens with zero attached hydrogens (tertiary/aromatic N) is 2. The Morgan fingerprint density at radius 2 is 1.78 bits per heavy atom. The first-order chi connectivity index (χ1) is 15.1. The molecule has 0 spiro atoms. The Balaban J connectivity index is 1.59. The fourth-order valence-corrected chi connectivity index (χ4v) is 4.92. The second-order valence-corrected chi connectivity index (χ2v) is 11.1. The molecule has 1 fully saturated rings.